The molecule has 4 N–H and O–H groups in total. The van der Waals surface area contributed by atoms with Crippen molar-refractivity contribution in [3.05, 3.63) is 59.4 Å². The molecule has 0 bridgehead atoms. The highest BCUT2D eigenvalue weighted by Crippen LogP contribution is 2.25. The lowest BCUT2D eigenvalue weighted by Gasteiger charge is -2.09. The first-order chi connectivity index (χ1) is 8.61. The first-order valence-electron chi connectivity index (χ1n) is 5.50. The summed E-state index contributed by atoms with van der Waals surface area (Å²) in [6.07, 6.45) is 0. The molecule has 0 radical (unpaired) electrons. The van der Waals surface area contributed by atoms with Gasteiger partial charge in [-0.3, -0.25) is 4.79 Å². The van der Waals surface area contributed by atoms with Crippen LogP contribution in [0.4, 0.5) is 4.39 Å². The molecule has 0 atom stereocenters. The van der Waals surface area contributed by atoms with E-state index in [1.807, 2.05) is 0 Å². The molecule has 0 aromatic heterocycles. The Bertz CT molecular complexity index is 584. The quantitative estimate of drug-likeness (QED) is 0.907. The van der Waals surface area contributed by atoms with Crippen molar-refractivity contribution in [1.29, 1.82) is 0 Å². The molecule has 1 amide bonds. The summed E-state index contributed by atoms with van der Waals surface area (Å²) in [6, 6.07) is 11.1. The second kappa shape index (κ2) is 6.31. The van der Waals surface area contributed by atoms with Crippen LogP contribution in [0.25, 0.3) is 11.1 Å². The second-order valence-electron chi connectivity index (χ2n) is 3.95. The third-order valence-electron chi connectivity index (χ3n) is 2.77. The van der Waals surface area contributed by atoms with Crippen LogP contribution in [0.15, 0.2) is 42.5 Å². The molecule has 19 heavy (non-hydrogen) atoms. The molecule has 0 aliphatic rings. The summed E-state index contributed by atoms with van der Waals surface area (Å²) in [6.45, 7) is 0.339. The van der Waals surface area contributed by atoms with Crippen LogP contribution in [-0.2, 0) is 6.54 Å². The molecule has 2 rings (SSSR count). The van der Waals surface area contributed by atoms with Gasteiger partial charge < -0.3 is 11.5 Å². The van der Waals surface area contributed by atoms with E-state index in [2.05, 4.69) is 0 Å². The van der Waals surface area contributed by atoms with Crippen LogP contribution in [0.2, 0.25) is 0 Å². The van der Waals surface area contributed by atoms with Gasteiger partial charge in [0.15, 0.2) is 0 Å². The van der Waals surface area contributed by atoms with Crippen molar-refractivity contribution in [2.45, 2.75) is 6.54 Å². The Balaban J connectivity index is 0.00000180. The molecule has 0 aliphatic heterocycles. The monoisotopic (exact) mass is 280 g/mol. The molecule has 3 nitrogen and oxygen atoms in total. The van der Waals surface area contributed by atoms with Gasteiger partial charge in [0.1, 0.15) is 5.82 Å². The number of halogens is 2. The maximum absolute atomic E-state index is 12.9. The standard InChI is InChI=1S/C14H13FN2O.ClH/c15-12-5-3-9(4-6-12)13-7-10(14(17)18)1-2-11(13)8-16;/h1-7H,8,16H2,(H2,17,18);1H. The number of carbonyl (C=O) groups excluding carboxylic acids is 1. The van der Waals surface area contributed by atoms with Crippen LogP contribution < -0.4 is 11.5 Å². The van der Waals surface area contributed by atoms with Gasteiger partial charge in [0, 0.05) is 12.1 Å². The maximum Gasteiger partial charge on any atom is 0.248 e. The van der Waals surface area contributed by atoms with Crippen molar-refractivity contribution >= 4 is 18.3 Å². The van der Waals surface area contributed by atoms with Crippen molar-refractivity contribution in [1.82, 2.24) is 0 Å². The van der Waals surface area contributed by atoms with Crippen molar-refractivity contribution < 1.29 is 9.18 Å². The van der Waals surface area contributed by atoms with Crippen LogP contribution in [0.5, 0.6) is 0 Å². The summed E-state index contributed by atoms with van der Waals surface area (Å²) in [7, 11) is 0. The minimum atomic E-state index is -0.498. The van der Waals surface area contributed by atoms with Crippen molar-refractivity contribution in [3.8, 4) is 11.1 Å². The summed E-state index contributed by atoms with van der Waals surface area (Å²) < 4.78 is 12.9. The highest BCUT2D eigenvalue weighted by molar-refractivity contribution is 5.94. The molecule has 0 unspecified atom stereocenters. The third kappa shape index (κ3) is 3.30. The van der Waals surface area contributed by atoms with Crippen LogP contribution >= 0.6 is 12.4 Å². The molecule has 2 aromatic rings. The molecule has 0 saturated carbocycles. The minimum Gasteiger partial charge on any atom is -0.366 e. The zero-order valence-corrected chi connectivity index (χ0v) is 10.9. The summed E-state index contributed by atoms with van der Waals surface area (Å²) >= 11 is 0. The minimum absolute atomic E-state index is 0. The first kappa shape index (κ1) is 15.1. The molecular formula is C14H14ClFN2O. The molecule has 2 aromatic carbocycles. The Hall–Kier alpha value is -1.91. The smallest absolute Gasteiger partial charge is 0.248 e. The van der Waals surface area contributed by atoms with E-state index in [0.29, 0.717) is 12.1 Å². The van der Waals surface area contributed by atoms with Gasteiger partial charge in [-0.2, -0.15) is 0 Å². The van der Waals surface area contributed by atoms with Crippen molar-refractivity contribution in [2.75, 3.05) is 0 Å². The lowest BCUT2D eigenvalue weighted by atomic mass is 9.97. The van der Waals surface area contributed by atoms with E-state index in [0.717, 1.165) is 16.7 Å². The number of nitrogens with two attached hydrogens (primary N) is 2. The van der Waals surface area contributed by atoms with E-state index in [9.17, 15) is 9.18 Å². The van der Waals surface area contributed by atoms with Gasteiger partial charge >= 0.3 is 0 Å². The molecule has 0 aliphatic carbocycles. The molecule has 0 spiro atoms. The predicted molar refractivity (Wildman–Crippen MR) is 75.5 cm³/mol. The van der Waals surface area contributed by atoms with Crippen LogP contribution in [-0.4, -0.2) is 5.91 Å². The molecular weight excluding hydrogens is 267 g/mol. The van der Waals surface area contributed by atoms with Crippen LogP contribution in [0, 0.1) is 5.82 Å². The van der Waals surface area contributed by atoms with Gasteiger partial charge in [-0.25, -0.2) is 4.39 Å². The lowest BCUT2D eigenvalue weighted by molar-refractivity contribution is 0.100. The zero-order chi connectivity index (χ0) is 13.1. The van der Waals surface area contributed by atoms with Crippen molar-refractivity contribution in [3.63, 3.8) is 0 Å². The van der Waals surface area contributed by atoms with Crippen molar-refractivity contribution in [2.24, 2.45) is 11.5 Å². The van der Waals surface area contributed by atoms with E-state index in [1.165, 1.54) is 12.1 Å². The fourth-order valence-corrected chi connectivity index (χ4v) is 1.81. The fourth-order valence-electron chi connectivity index (χ4n) is 1.81. The van der Waals surface area contributed by atoms with Gasteiger partial charge in [-0.15, -0.1) is 12.4 Å². The van der Waals surface area contributed by atoms with E-state index < -0.39 is 5.91 Å². The number of hydrogen-bond acceptors (Lipinski definition) is 2. The van der Waals surface area contributed by atoms with E-state index in [4.69, 9.17) is 11.5 Å². The SMILES string of the molecule is Cl.NCc1ccc(C(N)=O)cc1-c1ccc(F)cc1. The molecule has 5 heteroatoms. The van der Waals surface area contributed by atoms with Gasteiger partial charge in [0.05, 0.1) is 0 Å². The van der Waals surface area contributed by atoms with Gasteiger partial charge in [0.25, 0.3) is 0 Å². The molecule has 100 valence electrons. The average molecular weight is 281 g/mol. The number of benzene rings is 2. The fraction of sp³-hybridized carbons (Fsp3) is 0.0714. The molecule has 0 saturated heterocycles. The maximum atomic E-state index is 12.9. The normalized spacial score (nSPS) is 9.79. The average Bonchev–Trinajstić information content (AvgIpc) is 2.39. The Morgan fingerprint density at radius 3 is 2.26 bits per heavy atom. The van der Waals surface area contributed by atoms with Gasteiger partial charge in [-0.1, -0.05) is 18.2 Å². The Labute approximate surface area is 116 Å². The topological polar surface area (TPSA) is 69.1 Å². The summed E-state index contributed by atoms with van der Waals surface area (Å²) in [5, 5.41) is 0. The number of amides is 1. The Morgan fingerprint density at radius 2 is 1.74 bits per heavy atom. The zero-order valence-electron chi connectivity index (χ0n) is 10.1. The molecule has 0 heterocycles. The highest BCUT2D eigenvalue weighted by Gasteiger charge is 2.08. The Kier molecular flexibility index (Phi) is 5.03. The van der Waals surface area contributed by atoms with E-state index >= 15 is 0 Å². The van der Waals surface area contributed by atoms with E-state index in [-0.39, 0.29) is 18.2 Å². The first-order valence-corrected chi connectivity index (χ1v) is 5.50. The second-order valence-corrected chi connectivity index (χ2v) is 3.95. The summed E-state index contributed by atoms with van der Waals surface area (Å²) in [5.41, 5.74) is 13.8. The summed E-state index contributed by atoms with van der Waals surface area (Å²) in [5.74, 6) is -0.805. The predicted octanol–water partition coefficient (Wildman–Crippen LogP) is 2.47. The van der Waals surface area contributed by atoms with Gasteiger partial charge in [-0.05, 0) is 41.0 Å². The number of hydrogen-bond donors (Lipinski definition) is 2. The van der Waals surface area contributed by atoms with Crippen LogP contribution in [0.1, 0.15) is 15.9 Å². The highest BCUT2D eigenvalue weighted by atomic mass is 35.5. The van der Waals surface area contributed by atoms with Gasteiger partial charge in [0.2, 0.25) is 5.91 Å². The summed E-state index contributed by atoms with van der Waals surface area (Å²) in [4.78, 5) is 11.2. The third-order valence-corrected chi connectivity index (χ3v) is 2.77. The largest absolute Gasteiger partial charge is 0.366 e. The van der Waals surface area contributed by atoms with Crippen LogP contribution in [0.3, 0.4) is 0 Å². The number of rotatable bonds is 3. The number of primary amides is 1. The Morgan fingerprint density at radius 1 is 1.11 bits per heavy atom. The molecule has 0 fully saturated rings. The lowest BCUT2D eigenvalue weighted by Crippen LogP contribution is -2.11. The number of carbonyl (C=O) groups is 1. The van der Waals surface area contributed by atoms with E-state index in [1.54, 1.807) is 30.3 Å².